The number of hydrogen-bond acceptors (Lipinski definition) is 9. The molecule has 4 rings (SSSR count). The Morgan fingerprint density at radius 3 is 2.41 bits per heavy atom. The molecule has 0 saturated heterocycles. The van der Waals surface area contributed by atoms with Gasteiger partial charge in [0, 0.05) is 18.3 Å². The highest BCUT2D eigenvalue weighted by Gasteiger charge is 2.68. The maximum Gasteiger partial charge on any atom is 0.326 e. The molecule has 44 heavy (non-hydrogen) atoms. The summed E-state index contributed by atoms with van der Waals surface area (Å²) in [6, 6.07) is -1.10. The van der Waals surface area contributed by atoms with Crippen molar-refractivity contribution in [1.29, 1.82) is 0 Å². The van der Waals surface area contributed by atoms with Gasteiger partial charge in [0.1, 0.15) is 11.6 Å². The van der Waals surface area contributed by atoms with Gasteiger partial charge in [0.2, 0.25) is 17.6 Å². The lowest BCUT2D eigenvalue weighted by Gasteiger charge is -2.60. The molecule has 3 fully saturated rings. The van der Waals surface area contributed by atoms with Crippen LogP contribution in [-0.2, 0) is 33.5 Å². The predicted octanol–water partition coefficient (Wildman–Crippen LogP) is 1.45. The second kappa shape index (κ2) is 12.7. The third-order valence-corrected chi connectivity index (χ3v) is 11.1. The SMILES string of the molecule is CC(C)[C@H](NC(=O)CNC(=O)CCC(=O)OCC(=O)[C@@]1(O)CC[C@@H]2[C@@H]3CCC4=CC(=O)CC[C@]4(C)[C@H]3[C@@H](O)C[C@@]21C)C(=O)O. The molecule has 2 amide bonds. The lowest BCUT2D eigenvalue weighted by Crippen LogP contribution is -2.62. The first kappa shape index (κ1) is 33.8. The first-order valence-corrected chi connectivity index (χ1v) is 15.7. The average molecular weight is 619 g/mol. The molecular formula is C32H46N2O10. The summed E-state index contributed by atoms with van der Waals surface area (Å²) in [5.41, 5.74) is -1.88. The Balaban J connectivity index is 1.29. The maximum absolute atomic E-state index is 13.4. The number of carbonyl (C=O) groups excluding carboxylic acids is 5. The Kier molecular flexibility index (Phi) is 9.75. The van der Waals surface area contributed by atoms with Crippen LogP contribution >= 0.6 is 0 Å². The second-order valence-corrected chi connectivity index (χ2v) is 14.0. The molecular weight excluding hydrogens is 572 g/mol. The van der Waals surface area contributed by atoms with Crippen molar-refractivity contribution in [2.24, 2.45) is 34.5 Å². The topological polar surface area (TPSA) is 196 Å². The van der Waals surface area contributed by atoms with Crippen LogP contribution in [0.25, 0.3) is 0 Å². The van der Waals surface area contributed by atoms with Crippen LogP contribution in [0.3, 0.4) is 0 Å². The minimum atomic E-state index is -1.78. The number of nitrogens with one attached hydrogen (secondary N) is 2. The van der Waals surface area contributed by atoms with Crippen molar-refractivity contribution < 1.29 is 48.8 Å². The molecule has 5 N–H and O–H groups in total. The quantitative estimate of drug-likeness (QED) is 0.211. The van der Waals surface area contributed by atoms with E-state index in [1.807, 2.05) is 6.92 Å². The number of aliphatic carboxylic acids is 1. The van der Waals surface area contributed by atoms with Crippen LogP contribution in [0.2, 0.25) is 0 Å². The number of aliphatic hydroxyl groups is 2. The Bertz CT molecular complexity index is 1250. The summed E-state index contributed by atoms with van der Waals surface area (Å²) in [5.74, 6) is -4.16. The van der Waals surface area contributed by atoms with Crippen LogP contribution in [0.15, 0.2) is 11.6 Å². The number of esters is 1. The smallest absolute Gasteiger partial charge is 0.326 e. The van der Waals surface area contributed by atoms with E-state index < -0.39 is 65.8 Å². The van der Waals surface area contributed by atoms with Gasteiger partial charge < -0.3 is 30.7 Å². The minimum absolute atomic E-state index is 0.0104. The van der Waals surface area contributed by atoms with E-state index in [2.05, 4.69) is 17.6 Å². The molecule has 0 bridgehead atoms. The molecule has 0 aliphatic heterocycles. The minimum Gasteiger partial charge on any atom is -0.480 e. The van der Waals surface area contributed by atoms with Gasteiger partial charge in [-0.05, 0) is 73.7 Å². The van der Waals surface area contributed by atoms with Crippen LogP contribution < -0.4 is 10.6 Å². The number of ether oxygens (including phenoxy) is 1. The molecule has 3 saturated carbocycles. The largest absolute Gasteiger partial charge is 0.480 e. The normalized spacial score (nSPS) is 35.0. The van der Waals surface area contributed by atoms with Gasteiger partial charge in [-0.25, -0.2) is 4.79 Å². The molecule has 0 heterocycles. The molecule has 4 aliphatic rings. The van der Waals surface area contributed by atoms with Crippen molar-refractivity contribution in [2.75, 3.05) is 13.2 Å². The highest BCUT2D eigenvalue weighted by Crippen LogP contribution is 2.67. The van der Waals surface area contributed by atoms with Gasteiger partial charge in [-0.2, -0.15) is 0 Å². The number of aliphatic hydroxyl groups excluding tert-OH is 1. The highest BCUT2D eigenvalue weighted by atomic mass is 16.5. The zero-order chi connectivity index (χ0) is 32.6. The monoisotopic (exact) mass is 618 g/mol. The van der Waals surface area contributed by atoms with E-state index in [9.17, 15) is 39.0 Å². The van der Waals surface area contributed by atoms with Crippen molar-refractivity contribution in [3.63, 3.8) is 0 Å². The van der Waals surface area contributed by atoms with Crippen LogP contribution in [0.1, 0.15) is 85.5 Å². The molecule has 12 heteroatoms. The maximum atomic E-state index is 13.4. The Morgan fingerprint density at radius 2 is 1.75 bits per heavy atom. The molecule has 0 aromatic carbocycles. The van der Waals surface area contributed by atoms with Crippen molar-refractivity contribution >= 4 is 35.3 Å². The Labute approximate surface area is 257 Å². The summed E-state index contributed by atoms with van der Waals surface area (Å²) in [6.07, 6.45) is 4.02. The number of ketones is 2. The fourth-order valence-corrected chi connectivity index (χ4v) is 8.71. The third kappa shape index (κ3) is 6.20. The molecule has 12 nitrogen and oxygen atoms in total. The van der Waals surface area contributed by atoms with Gasteiger partial charge in [0.15, 0.2) is 12.4 Å². The first-order chi connectivity index (χ1) is 20.5. The Hall–Kier alpha value is -3.12. The fraction of sp³-hybridized carbons (Fsp3) is 0.750. The number of Topliss-reactive ketones (excluding diaryl/α,β-unsaturated/α-hetero) is 1. The molecule has 0 radical (unpaired) electrons. The van der Waals surface area contributed by atoms with Gasteiger partial charge in [-0.1, -0.05) is 33.3 Å². The standard InChI is InChI=1S/C32H46N2O10/c1-17(2)28(29(41)42)34-25(39)15-33-24(38)7-8-26(40)44-16-23(37)32(43)12-10-21-20-6-5-18-13-19(35)9-11-30(18,3)27(20)22(36)14-31(21,32)4/h13,17,20-22,27-28,36,43H,5-12,14-16H2,1-4H3,(H,33,38)(H,34,39)(H,41,42)/t20-,21+,22-,27+,28-,30-,31-,32-/m0/s1. The lowest BCUT2D eigenvalue weighted by atomic mass is 9.45. The zero-order valence-electron chi connectivity index (χ0n) is 26.0. The van der Waals surface area contributed by atoms with E-state index in [0.717, 1.165) is 18.4 Å². The summed E-state index contributed by atoms with van der Waals surface area (Å²) in [5, 5.41) is 37.1. The van der Waals surface area contributed by atoms with Gasteiger partial charge >= 0.3 is 11.9 Å². The summed E-state index contributed by atoms with van der Waals surface area (Å²) in [6.45, 7) is 6.13. The molecule has 8 atom stereocenters. The molecule has 0 aromatic heterocycles. The van der Waals surface area contributed by atoms with Crippen molar-refractivity contribution in [1.82, 2.24) is 10.6 Å². The average Bonchev–Trinajstić information content (AvgIpc) is 3.22. The Morgan fingerprint density at radius 1 is 1.05 bits per heavy atom. The third-order valence-electron chi connectivity index (χ3n) is 11.1. The van der Waals surface area contributed by atoms with E-state index >= 15 is 0 Å². The van der Waals surface area contributed by atoms with Gasteiger partial charge in [0.05, 0.1) is 19.1 Å². The summed E-state index contributed by atoms with van der Waals surface area (Å²) >= 11 is 0. The van der Waals surface area contributed by atoms with Crippen molar-refractivity contribution in [3.8, 4) is 0 Å². The molecule has 244 valence electrons. The lowest BCUT2D eigenvalue weighted by molar-refractivity contribution is -0.184. The molecule has 0 spiro atoms. The van der Waals surface area contributed by atoms with Crippen molar-refractivity contribution in [3.05, 3.63) is 11.6 Å². The van der Waals surface area contributed by atoms with E-state index in [4.69, 9.17) is 9.84 Å². The number of amides is 2. The number of carboxylic acid groups (broad SMARTS) is 1. The highest BCUT2D eigenvalue weighted by molar-refractivity contribution is 5.92. The van der Waals surface area contributed by atoms with Gasteiger partial charge in [-0.3, -0.25) is 24.0 Å². The van der Waals surface area contributed by atoms with Crippen LogP contribution in [0.4, 0.5) is 0 Å². The number of carbonyl (C=O) groups is 6. The van der Waals surface area contributed by atoms with E-state index in [1.165, 1.54) is 0 Å². The van der Waals surface area contributed by atoms with Crippen LogP contribution in [-0.4, -0.2) is 81.5 Å². The summed E-state index contributed by atoms with van der Waals surface area (Å²) < 4.78 is 5.14. The van der Waals surface area contributed by atoms with Crippen molar-refractivity contribution in [2.45, 2.75) is 103 Å². The summed E-state index contributed by atoms with van der Waals surface area (Å²) in [4.78, 5) is 73.2. The molecule has 0 unspecified atom stereocenters. The van der Waals surface area contributed by atoms with E-state index in [0.29, 0.717) is 19.3 Å². The van der Waals surface area contributed by atoms with Crippen LogP contribution in [0.5, 0.6) is 0 Å². The number of hydrogen-bond donors (Lipinski definition) is 5. The van der Waals surface area contributed by atoms with Gasteiger partial charge in [0.25, 0.3) is 0 Å². The number of allylic oxidation sites excluding steroid dienone is 1. The molecule has 0 aromatic rings. The van der Waals surface area contributed by atoms with E-state index in [-0.39, 0.29) is 60.6 Å². The van der Waals surface area contributed by atoms with Crippen LogP contribution in [0, 0.1) is 34.5 Å². The van der Waals surface area contributed by atoms with E-state index in [1.54, 1.807) is 19.9 Å². The first-order valence-electron chi connectivity index (χ1n) is 15.7. The number of carboxylic acids is 1. The summed E-state index contributed by atoms with van der Waals surface area (Å²) in [7, 11) is 0. The second-order valence-electron chi connectivity index (χ2n) is 14.0. The zero-order valence-corrected chi connectivity index (χ0v) is 26.0. The predicted molar refractivity (Wildman–Crippen MR) is 156 cm³/mol. The van der Waals surface area contributed by atoms with Gasteiger partial charge in [-0.15, -0.1) is 0 Å². The fourth-order valence-electron chi connectivity index (χ4n) is 8.71. The number of fused-ring (bicyclic) bond motifs is 5. The molecule has 4 aliphatic carbocycles. The number of rotatable bonds is 11.